The SMILES string of the molecule is C=C(c1cc(C(C)(C)C)cc(C(C)(C)C)c1)c1ccc2c(c1)Cc1ccccc1S2. The molecule has 0 saturated heterocycles. The van der Waals surface area contributed by atoms with E-state index in [4.69, 9.17) is 0 Å². The number of fused-ring (bicyclic) bond motifs is 2. The Morgan fingerprint density at radius 1 is 0.700 bits per heavy atom. The smallest absolute Gasteiger partial charge is 0.0158 e. The second-order valence-corrected chi connectivity index (χ2v) is 11.6. The van der Waals surface area contributed by atoms with E-state index >= 15 is 0 Å². The van der Waals surface area contributed by atoms with Gasteiger partial charge in [-0.05, 0) is 74.4 Å². The standard InChI is InChI=1S/C29H32S/c1-19(22-16-24(28(2,3)4)18-25(17-22)29(5,6)7)20-12-13-27-23(14-20)15-21-10-8-9-11-26(21)30-27/h8-14,16-18H,1,15H2,2-7H3. The zero-order valence-electron chi connectivity index (χ0n) is 19.1. The molecular formula is C29H32S. The molecule has 0 N–H and O–H groups in total. The first-order valence-electron chi connectivity index (χ1n) is 10.8. The van der Waals surface area contributed by atoms with Gasteiger partial charge in [-0.1, -0.05) is 102 Å². The molecule has 0 spiro atoms. The van der Waals surface area contributed by atoms with Crippen LogP contribution in [0, 0.1) is 0 Å². The third-order valence-corrected chi connectivity index (χ3v) is 7.23. The minimum atomic E-state index is 0.104. The first-order valence-corrected chi connectivity index (χ1v) is 11.6. The minimum Gasteiger partial charge on any atom is -0.0906 e. The maximum Gasteiger partial charge on any atom is 0.0158 e. The predicted octanol–water partition coefficient (Wildman–Crippen LogP) is 8.40. The molecule has 0 radical (unpaired) electrons. The maximum absolute atomic E-state index is 4.53. The van der Waals surface area contributed by atoms with E-state index in [-0.39, 0.29) is 10.8 Å². The van der Waals surface area contributed by atoms with Crippen LogP contribution in [-0.4, -0.2) is 0 Å². The highest BCUT2D eigenvalue weighted by molar-refractivity contribution is 7.99. The van der Waals surface area contributed by atoms with Crippen LogP contribution >= 0.6 is 11.8 Å². The van der Waals surface area contributed by atoms with Gasteiger partial charge in [-0.15, -0.1) is 0 Å². The lowest BCUT2D eigenvalue weighted by Crippen LogP contribution is -2.17. The third kappa shape index (κ3) is 4.14. The lowest BCUT2D eigenvalue weighted by Gasteiger charge is -2.27. The molecule has 0 atom stereocenters. The number of hydrogen-bond donors (Lipinski definition) is 0. The normalized spacial score (nSPS) is 13.5. The Morgan fingerprint density at radius 2 is 1.30 bits per heavy atom. The van der Waals surface area contributed by atoms with Gasteiger partial charge >= 0.3 is 0 Å². The molecule has 0 saturated carbocycles. The molecule has 4 rings (SSSR count). The fourth-order valence-electron chi connectivity index (χ4n) is 3.91. The first-order chi connectivity index (χ1) is 14.0. The molecule has 0 fully saturated rings. The molecule has 0 nitrogen and oxygen atoms in total. The quantitative estimate of drug-likeness (QED) is 0.318. The molecule has 3 aromatic carbocycles. The van der Waals surface area contributed by atoms with E-state index in [1.807, 2.05) is 11.8 Å². The van der Waals surface area contributed by atoms with E-state index in [1.165, 1.54) is 43.2 Å². The van der Waals surface area contributed by atoms with E-state index in [2.05, 4.69) is 109 Å². The average Bonchev–Trinajstić information content (AvgIpc) is 2.69. The van der Waals surface area contributed by atoms with Gasteiger partial charge < -0.3 is 0 Å². The van der Waals surface area contributed by atoms with Gasteiger partial charge in [0.25, 0.3) is 0 Å². The van der Waals surface area contributed by atoms with Crippen molar-refractivity contribution >= 4 is 17.3 Å². The van der Waals surface area contributed by atoms with E-state index in [0.717, 1.165) is 12.0 Å². The van der Waals surface area contributed by atoms with Crippen molar-refractivity contribution in [2.45, 2.75) is 68.6 Å². The summed E-state index contributed by atoms with van der Waals surface area (Å²) in [7, 11) is 0. The highest BCUT2D eigenvalue weighted by atomic mass is 32.2. The van der Waals surface area contributed by atoms with Crippen molar-refractivity contribution in [3.05, 3.63) is 101 Å². The molecule has 0 amide bonds. The molecule has 30 heavy (non-hydrogen) atoms. The van der Waals surface area contributed by atoms with E-state index in [9.17, 15) is 0 Å². The number of benzene rings is 3. The molecule has 0 unspecified atom stereocenters. The molecule has 1 heterocycles. The Hall–Kier alpha value is -2.25. The minimum absolute atomic E-state index is 0.104. The second-order valence-electron chi connectivity index (χ2n) is 10.5. The van der Waals surface area contributed by atoms with E-state index in [0.29, 0.717) is 0 Å². The van der Waals surface area contributed by atoms with Gasteiger partial charge in [0, 0.05) is 9.79 Å². The summed E-state index contributed by atoms with van der Waals surface area (Å²) in [6.07, 6.45) is 0.995. The highest BCUT2D eigenvalue weighted by Crippen LogP contribution is 2.41. The van der Waals surface area contributed by atoms with Gasteiger partial charge in [0.2, 0.25) is 0 Å². The van der Waals surface area contributed by atoms with Crippen LogP contribution in [-0.2, 0) is 17.3 Å². The Bertz CT molecular complexity index is 1090. The fraction of sp³-hybridized carbons (Fsp3) is 0.310. The average molecular weight is 413 g/mol. The summed E-state index contributed by atoms with van der Waals surface area (Å²) in [6, 6.07) is 22.6. The Kier molecular flexibility index (Phi) is 5.22. The van der Waals surface area contributed by atoms with Gasteiger partial charge in [-0.3, -0.25) is 0 Å². The van der Waals surface area contributed by atoms with Gasteiger partial charge in [0.05, 0.1) is 0 Å². The van der Waals surface area contributed by atoms with Crippen LogP contribution in [0.1, 0.15) is 74.9 Å². The summed E-state index contributed by atoms with van der Waals surface area (Å²) in [5.74, 6) is 0. The third-order valence-electron chi connectivity index (χ3n) is 6.00. The van der Waals surface area contributed by atoms with Gasteiger partial charge in [0.15, 0.2) is 0 Å². The Morgan fingerprint density at radius 3 is 1.93 bits per heavy atom. The van der Waals surface area contributed by atoms with Crippen molar-refractivity contribution in [1.29, 1.82) is 0 Å². The maximum atomic E-state index is 4.53. The van der Waals surface area contributed by atoms with Crippen molar-refractivity contribution in [1.82, 2.24) is 0 Å². The van der Waals surface area contributed by atoms with Gasteiger partial charge in [-0.25, -0.2) is 0 Å². The lowest BCUT2D eigenvalue weighted by molar-refractivity contribution is 0.568. The van der Waals surface area contributed by atoms with Crippen LogP contribution in [0.3, 0.4) is 0 Å². The van der Waals surface area contributed by atoms with Crippen LogP contribution < -0.4 is 0 Å². The fourth-order valence-corrected chi connectivity index (χ4v) is 4.97. The lowest BCUT2D eigenvalue weighted by atomic mass is 9.78. The Balaban J connectivity index is 1.74. The largest absolute Gasteiger partial charge is 0.0906 e. The van der Waals surface area contributed by atoms with Crippen molar-refractivity contribution in [2.75, 3.05) is 0 Å². The summed E-state index contributed by atoms with van der Waals surface area (Å²) in [5, 5.41) is 0. The second kappa shape index (κ2) is 7.46. The van der Waals surface area contributed by atoms with E-state index in [1.54, 1.807) is 0 Å². The topological polar surface area (TPSA) is 0 Å². The first kappa shape index (κ1) is 21.0. The number of hydrogen-bond acceptors (Lipinski definition) is 1. The summed E-state index contributed by atoms with van der Waals surface area (Å²) < 4.78 is 0. The van der Waals surface area contributed by atoms with Crippen molar-refractivity contribution in [3.63, 3.8) is 0 Å². The van der Waals surface area contributed by atoms with Crippen LogP contribution in [0.25, 0.3) is 5.57 Å². The Labute approximate surface area is 186 Å². The molecule has 0 bridgehead atoms. The summed E-state index contributed by atoms with van der Waals surface area (Å²) in [4.78, 5) is 2.74. The highest BCUT2D eigenvalue weighted by Gasteiger charge is 2.22. The monoisotopic (exact) mass is 412 g/mol. The molecule has 1 aliphatic heterocycles. The van der Waals surface area contributed by atoms with Crippen molar-refractivity contribution < 1.29 is 0 Å². The summed E-state index contributed by atoms with van der Waals surface area (Å²) in [5.41, 5.74) is 9.33. The molecule has 3 aromatic rings. The predicted molar refractivity (Wildman–Crippen MR) is 132 cm³/mol. The molecule has 1 heteroatoms. The van der Waals surface area contributed by atoms with Gasteiger partial charge in [0.1, 0.15) is 0 Å². The summed E-state index contributed by atoms with van der Waals surface area (Å²) >= 11 is 1.88. The summed E-state index contributed by atoms with van der Waals surface area (Å²) in [6.45, 7) is 18.2. The van der Waals surface area contributed by atoms with Crippen LogP contribution in [0.15, 0.2) is 77.0 Å². The van der Waals surface area contributed by atoms with Crippen LogP contribution in [0.5, 0.6) is 0 Å². The van der Waals surface area contributed by atoms with Crippen LogP contribution in [0.4, 0.5) is 0 Å². The van der Waals surface area contributed by atoms with Crippen LogP contribution in [0.2, 0.25) is 0 Å². The molecule has 0 aromatic heterocycles. The van der Waals surface area contributed by atoms with Crippen molar-refractivity contribution in [3.8, 4) is 0 Å². The molecule has 0 aliphatic carbocycles. The number of rotatable bonds is 2. The van der Waals surface area contributed by atoms with E-state index < -0.39 is 0 Å². The van der Waals surface area contributed by atoms with Crippen molar-refractivity contribution in [2.24, 2.45) is 0 Å². The molecular weight excluding hydrogens is 380 g/mol. The van der Waals surface area contributed by atoms with Gasteiger partial charge in [-0.2, -0.15) is 0 Å². The molecule has 154 valence electrons. The molecule has 1 aliphatic rings. The zero-order chi connectivity index (χ0) is 21.7. The zero-order valence-corrected chi connectivity index (χ0v) is 19.9.